The van der Waals surface area contributed by atoms with Crippen LogP contribution in [0, 0.1) is 6.07 Å². The topological polar surface area (TPSA) is 3.24 Å². The third-order valence-corrected chi connectivity index (χ3v) is 3.75. The Morgan fingerprint density at radius 2 is 1.47 bits per heavy atom. The fraction of sp³-hybridized carbons (Fsp3) is 0.600. The van der Waals surface area contributed by atoms with Crippen molar-refractivity contribution in [3.05, 3.63) is 30.3 Å². The van der Waals surface area contributed by atoms with Crippen molar-refractivity contribution in [2.45, 2.75) is 58.0 Å². The van der Waals surface area contributed by atoms with Crippen molar-refractivity contribution >= 4 is 5.69 Å². The Bertz CT molecular complexity index is 340. The minimum atomic E-state index is 0. The SMILES string of the molecule is CC1(C)CCCC(C)(C)N1c1cc[c-]cc1.[Li+]. The zero-order valence-electron chi connectivity index (χ0n) is 11.9. The van der Waals surface area contributed by atoms with E-state index in [0.717, 1.165) is 0 Å². The maximum Gasteiger partial charge on any atom is 1.00 e. The normalized spacial score (nSPS) is 21.8. The van der Waals surface area contributed by atoms with Crippen molar-refractivity contribution in [1.82, 2.24) is 0 Å². The molecule has 1 fully saturated rings. The zero-order valence-corrected chi connectivity index (χ0v) is 11.9. The number of hydrogen-bond donors (Lipinski definition) is 0. The average molecular weight is 223 g/mol. The molecule has 1 aromatic carbocycles. The molecule has 0 N–H and O–H groups in total. The molecular weight excluding hydrogens is 201 g/mol. The number of benzene rings is 1. The minimum absolute atomic E-state index is 0. The van der Waals surface area contributed by atoms with Crippen LogP contribution in [0.3, 0.4) is 0 Å². The fourth-order valence-electron chi connectivity index (χ4n) is 3.22. The quantitative estimate of drug-likeness (QED) is 0.508. The second-order valence-corrected chi connectivity index (χ2v) is 6.07. The summed E-state index contributed by atoms with van der Waals surface area (Å²) in [6.07, 6.45) is 3.87. The number of piperidine rings is 1. The number of rotatable bonds is 1. The Hall–Kier alpha value is -0.383. The van der Waals surface area contributed by atoms with Gasteiger partial charge >= 0.3 is 18.9 Å². The molecule has 2 rings (SSSR count). The summed E-state index contributed by atoms with van der Waals surface area (Å²) in [5.41, 5.74) is 1.83. The number of nitrogens with zero attached hydrogens (tertiary/aromatic N) is 1. The molecule has 0 saturated carbocycles. The van der Waals surface area contributed by atoms with Crippen LogP contribution in [0.15, 0.2) is 24.3 Å². The van der Waals surface area contributed by atoms with Crippen LogP contribution >= 0.6 is 0 Å². The molecule has 0 bridgehead atoms. The van der Waals surface area contributed by atoms with Crippen LogP contribution in [0.2, 0.25) is 0 Å². The van der Waals surface area contributed by atoms with E-state index in [9.17, 15) is 0 Å². The van der Waals surface area contributed by atoms with Gasteiger partial charge in [0.25, 0.3) is 0 Å². The van der Waals surface area contributed by atoms with E-state index in [-0.39, 0.29) is 29.9 Å². The molecule has 2 heteroatoms. The molecule has 1 aromatic rings. The van der Waals surface area contributed by atoms with Crippen LogP contribution in [0.4, 0.5) is 5.69 Å². The Kier molecular flexibility index (Phi) is 4.39. The van der Waals surface area contributed by atoms with Crippen LogP contribution in [0.5, 0.6) is 0 Å². The fourth-order valence-corrected chi connectivity index (χ4v) is 3.22. The number of hydrogen-bond acceptors (Lipinski definition) is 1. The van der Waals surface area contributed by atoms with Crippen molar-refractivity contribution in [2.75, 3.05) is 4.90 Å². The van der Waals surface area contributed by atoms with Gasteiger partial charge in [-0.25, -0.2) is 0 Å². The van der Waals surface area contributed by atoms with E-state index < -0.39 is 0 Å². The first-order valence-corrected chi connectivity index (χ1v) is 6.20. The first kappa shape index (κ1) is 14.7. The molecule has 88 valence electrons. The van der Waals surface area contributed by atoms with Gasteiger partial charge in [0.1, 0.15) is 0 Å². The molecule has 1 aliphatic rings. The zero-order chi connectivity index (χ0) is 11.8. The summed E-state index contributed by atoms with van der Waals surface area (Å²) in [6, 6.07) is 11.5. The van der Waals surface area contributed by atoms with Crippen molar-refractivity contribution in [1.29, 1.82) is 0 Å². The second-order valence-electron chi connectivity index (χ2n) is 6.07. The van der Waals surface area contributed by atoms with Gasteiger partial charge in [-0.1, -0.05) is 5.69 Å². The summed E-state index contributed by atoms with van der Waals surface area (Å²) in [6.45, 7) is 9.41. The summed E-state index contributed by atoms with van der Waals surface area (Å²) >= 11 is 0. The molecule has 0 aliphatic carbocycles. The van der Waals surface area contributed by atoms with Gasteiger partial charge in [-0.15, -0.1) is 12.1 Å². The third kappa shape index (κ3) is 2.90. The van der Waals surface area contributed by atoms with Gasteiger partial charge in [-0.2, -0.15) is 18.2 Å². The first-order chi connectivity index (χ1) is 7.43. The van der Waals surface area contributed by atoms with Crippen molar-refractivity contribution in [2.24, 2.45) is 0 Å². The molecule has 1 aliphatic heterocycles. The summed E-state index contributed by atoms with van der Waals surface area (Å²) in [4.78, 5) is 2.58. The molecule has 1 heterocycles. The molecule has 0 spiro atoms. The largest absolute Gasteiger partial charge is 1.00 e. The van der Waals surface area contributed by atoms with Gasteiger partial charge in [0, 0.05) is 11.1 Å². The average Bonchev–Trinajstić information content (AvgIpc) is 2.16. The Labute approximate surface area is 118 Å². The minimum Gasteiger partial charge on any atom is -0.383 e. The molecule has 0 radical (unpaired) electrons. The van der Waals surface area contributed by atoms with Crippen molar-refractivity contribution < 1.29 is 18.9 Å². The van der Waals surface area contributed by atoms with E-state index in [0.29, 0.717) is 0 Å². The van der Waals surface area contributed by atoms with Gasteiger partial charge in [0.2, 0.25) is 0 Å². The van der Waals surface area contributed by atoms with Gasteiger partial charge in [0.15, 0.2) is 0 Å². The van der Waals surface area contributed by atoms with Gasteiger partial charge < -0.3 is 4.90 Å². The van der Waals surface area contributed by atoms with Gasteiger partial charge in [-0.05, 0) is 47.0 Å². The Morgan fingerprint density at radius 3 is 1.94 bits per heavy atom. The maximum atomic E-state index is 3.10. The smallest absolute Gasteiger partial charge is 0.383 e. The second kappa shape index (κ2) is 5.08. The Balaban J connectivity index is 0.00000144. The van der Waals surface area contributed by atoms with Crippen LogP contribution in [0.25, 0.3) is 0 Å². The molecule has 0 atom stereocenters. The van der Waals surface area contributed by atoms with Crippen LogP contribution < -0.4 is 23.8 Å². The summed E-state index contributed by atoms with van der Waals surface area (Å²) in [5.74, 6) is 0. The van der Waals surface area contributed by atoms with Gasteiger partial charge in [0.05, 0.1) is 0 Å². The predicted molar refractivity (Wildman–Crippen MR) is 69.8 cm³/mol. The Morgan fingerprint density at radius 1 is 1.00 bits per heavy atom. The maximum absolute atomic E-state index is 3.10. The van der Waals surface area contributed by atoms with Gasteiger partial charge in [-0.3, -0.25) is 0 Å². The summed E-state index contributed by atoms with van der Waals surface area (Å²) in [5, 5.41) is 0. The van der Waals surface area contributed by atoms with Crippen LogP contribution in [-0.4, -0.2) is 11.1 Å². The van der Waals surface area contributed by atoms with Crippen LogP contribution in [-0.2, 0) is 0 Å². The summed E-state index contributed by atoms with van der Waals surface area (Å²) in [7, 11) is 0. The summed E-state index contributed by atoms with van der Waals surface area (Å²) < 4.78 is 0. The molecule has 0 aromatic heterocycles. The number of anilines is 1. The van der Waals surface area contributed by atoms with E-state index in [1.807, 2.05) is 12.1 Å². The van der Waals surface area contributed by atoms with Crippen molar-refractivity contribution in [3.63, 3.8) is 0 Å². The molecule has 17 heavy (non-hydrogen) atoms. The molecule has 0 amide bonds. The van der Waals surface area contributed by atoms with E-state index in [1.54, 1.807) is 0 Å². The van der Waals surface area contributed by atoms with E-state index in [4.69, 9.17) is 0 Å². The van der Waals surface area contributed by atoms with E-state index in [1.165, 1.54) is 24.9 Å². The monoisotopic (exact) mass is 223 g/mol. The standard InChI is InChI=1S/C15H22N.Li/c1-14(2)11-8-12-15(3,4)16(14)13-9-6-5-7-10-13;/h6-7,9-10H,8,11-12H2,1-4H3;/q-1;+1. The third-order valence-electron chi connectivity index (χ3n) is 3.75. The van der Waals surface area contributed by atoms with Crippen molar-refractivity contribution in [3.8, 4) is 0 Å². The molecule has 1 saturated heterocycles. The predicted octanol–water partition coefficient (Wildman–Crippen LogP) is 1.04. The molecule has 0 unspecified atom stereocenters. The van der Waals surface area contributed by atoms with E-state index >= 15 is 0 Å². The first-order valence-electron chi connectivity index (χ1n) is 6.20. The molecular formula is C15H22LiN. The van der Waals surface area contributed by atoms with E-state index in [2.05, 4.69) is 50.8 Å². The van der Waals surface area contributed by atoms with Crippen LogP contribution in [0.1, 0.15) is 47.0 Å². The molecule has 1 nitrogen and oxygen atoms in total.